The van der Waals surface area contributed by atoms with Crippen LogP contribution >= 0.6 is 11.8 Å². The van der Waals surface area contributed by atoms with Crippen molar-refractivity contribution in [2.75, 3.05) is 5.75 Å². The van der Waals surface area contributed by atoms with Crippen LogP contribution in [-0.4, -0.2) is 43.4 Å². The number of aromatic nitrogens is 3. The molecule has 1 amide bonds. The molecule has 1 aliphatic rings. The Labute approximate surface area is 188 Å². The summed E-state index contributed by atoms with van der Waals surface area (Å²) in [6, 6.07) is 19.3. The molecule has 0 spiro atoms. The highest BCUT2D eigenvalue weighted by Gasteiger charge is 2.29. The Balaban J connectivity index is 1.58. The third-order valence-corrected chi connectivity index (χ3v) is 6.92. The van der Waals surface area contributed by atoms with Crippen LogP contribution in [0.4, 0.5) is 0 Å². The summed E-state index contributed by atoms with van der Waals surface area (Å²) >= 11 is 1.48. The first kappa shape index (κ1) is 21.6. The van der Waals surface area contributed by atoms with E-state index in [1.165, 1.54) is 29.3 Å². The van der Waals surface area contributed by atoms with Crippen molar-refractivity contribution < 1.29 is 4.79 Å². The van der Waals surface area contributed by atoms with Gasteiger partial charge in [-0.25, -0.2) is 0 Å². The van der Waals surface area contributed by atoms with Crippen LogP contribution in [0.15, 0.2) is 59.8 Å². The van der Waals surface area contributed by atoms with Crippen LogP contribution in [0.5, 0.6) is 0 Å². The highest BCUT2D eigenvalue weighted by molar-refractivity contribution is 7.99. The average Bonchev–Trinajstić information content (AvgIpc) is 3.16. The number of hydrogen-bond acceptors (Lipinski definition) is 4. The van der Waals surface area contributed by atoms with Crippen LogP contribution in [0, 0.1) is 6.92 Å². The zero-order chi connectivity index (χ0) is 21.8. The summed E-state index contributed by atoms with van der Waals surface area (Å²) in [5.74, 6) is 1.45. The summed E-state index contributed by atoms with van der Waals surface area (Å²) in [4.78, 5) is 15.1. The van der Waals surface area contributed by atoms with Crippen molar-refractivity contribution in [1.29, 1.82) is 0 Å². The summed E-state index contributed by atoms with van der Waals surface area (Å²) < 4.78 is 2.09. The number of benzene rings is 2. The highest BCUT2D eigenvalue weighted by atomic mass is 32.2. The number of carbonyl (C=O) groups is 1. The predicted molar refractivity (Wildman–Crippen MR) is 126 cm³/mol. The van der Waals surface area contributed by atoms with E-state index < -0.39 is 0 Å². The molecule has 2 atom stereocenters. The lowest BCUT2D eigenvalue weighted by Gasteiger charge is -2.39. The van der Waals surface area contributed by atoms with E-state index in [4.69, 9.17) is 0 Å². The van der Waals surface area contributed by atoms with Crippen LogP contribution in [0.1, 0.15) is 50.1 Å². The number of amides is 1. The topological polar surface area (TPSA) is 51.0 Å². The lowest BCUT2D eigenvalue weighted by atomic mass is 9.98. The standard InChI is InChI=1S/C25H30N4OS/c1-18-12-14-22(15-13-18)29-23(16-21-10-5-4-6-11-21)26-27-25(29)31-17-24(30)28-19(2)8-7-9-20(28)3/h4-6,10-15,19-20H,7-9,16-17H2,1-3H3/t19-,20-/m0/s1. The SMILES string of the molecule is Cc1ccc(-n2c(Cc3ccccc3)nnc2SCC(=O)N2[C@@H](C)CCC[C@@H]2C)cc1. The maximum absolute atomic E-state index is 13.0. The second-order valence-corrected chi connectivity index (χ2v) is 9.39. The molecule has 0 unspecified atom stereocenters. The fraction of sp³-hybridized carbons (Fsp3) is 0.400. The smallest absolute Gasteiger partial charge is 0.233 e. The number of rotatable bonds is 6. The molecule has 0 saturated carbocycles. The normalized spacial score (nSPS) is 18.9. The molecule has 4 rings (SSSR count). The van der Waals surface area contributed by atoms with Gasteiger partial charge >= 0.3 is 0 Å². The van der Waals surface area contributed by atoms with Crippen molar-refractivity contribution in [3.05, 3.63) is 71.5 Å². The zero-order valence-corrected chi connectivity index (χ0v) is 19.3. The number of aryl methyl sites for hydroxylation is 1. The molecule has 0 radical (unpaired) electrons. The minimum Gasteiger partial charge on any atom is -0.337 e. The van der Waals surface area contributed by atoms with Crippen LogP contribution in [0.2, 0.25) is 0 Å². The Morgan fingerprint density at radius 2 is 1.68 bits per heavy atom. The molecule has 31 heavy (non-hydrogen) atoms. The first-order valence-electron chi connectivity index (χ1n) is 11.0. The Morgan fingerprint density at radius 3 is 2.35 bits per heavy atom. The summed E-state index contributed by atoms with van der Waals surface area (Å²) in [5.41, 5.74) is 3.42. The van der Waals surface area contributed by atoms with Gasteiger partial charge in [0.2, 0.25) is 5.91 Å². The molecule has 2 aromatic carbocycles. The van der Waals surface area contributed by atoms with Crippen LogP contribution in [0.3, 0.4) is 0 Å². The van der Waals surface area contributed by atoms with E-state index in [0.29, 0.717) is 24.3 Å². The van der Waals surface area contributed by atoms with E-state index in [9.17, 15) is 4.79 Å². The molecule has 1 saturated heterocycles. The number of nitrogens with zero attached hydrogens (tertiary/aromatic N) is 4. The number of thioether (sulfide) groups is 1. The van der Waals surface area contributed by atoms with E-state index in [1.807, 2.05) is 18.2 Å². The van der Waals surface area contributed by atoms with Crippen molar-refractivity contribution in [2.45, 2.75) is 63.7 Å². The largest absolute Gasteiger partial charge is 0.337 e. The van der Waals surface area contributed by atoms with Gasteiger partial charge in [0.1, 0.15) is 5.82 Å². The molecule has 1 aliphatic heterocycles. The first-order valence-corrected chi connectivity index (χ1v) is 12.0. The third kappa shape index (κ3) is 5.01. The van der Waals surface area contributed by atoms with Gasteiger partial charge in [-0.2, -0.15) is 0 Å². The molecule has 3 aromatic rings. The van der Waals surface area contributed by atoms with E-state index in [2.05, 4.69) is 76.8 Å². The summed E-state index contributed by atoms with van der Waals surface area (Å²) in [7, 11) is 0. The Kier molecular flexibility index (Phi) is 6.76. The minimum atomic E-state index is 0.188. The number of carbonyl (C=O) groups excluding carboxylic acids is 1. The van der Waals surface area contributed by atoms with Gasteiger partial charge in [-0.1, -0.05) is 59.8 Å². The van der Waals surface area contributed by atoms with Crippen LogP contribution in [0.25, 0.3) is 5.69 Å². The van der Waals surface area contributed by atoms with Gasteiger partial charge in [-0.15, -0.1) is 10.2 Å². The fourth-order valence-corrected chi connectivity index (χ4v) is 5.19. The second-order valence-electron chi connectivity index (χ2n) is 8.45. The molecule has 0 N–H and O–H groups in total. The van der Waals surface area contributed by atoms with E-state index in [-0.39, 0.29) is 5.91 Å². The van der Waals surface area contributed by atoms with Crippen molar-refractivity contribution in [1.82, 2.24) is 19.7 Å². The van der Waals surface area contributed by atoms with Gasteiger partial charge in [0.25, 0.3) is 0 Å². The van der Waals surface area contributed by atoms with Gasteiger partial charge in [-0.3, -0.25) is 9.36 Å². The molecule has 0 aliphatic carbocycles. The predicted octanol–water partition coefficient (Wildman–Crippen LogP) is 5.05. The van der Waals surface area contributed by atoms with Crippen LogP contribution < -0.4 is 0 Å². The fourth-order valence-electron chi connectivity index (χ4n) is 4.35. The van der Waals surface area contributed by atoms with E-state index >= 15 is 0 Å². The molecule has 162 valence electrons. The average molecular weight is 435 g/mol. The number of piperidine rings is 1. The molecular weight excluding hydrogens is 404 g/mol. The third-order valence-electron chi connectivity index (χ3n) is 6.00. The van der Waals surface area contributed by atoms with Gasteiger partial charge < -0.3 is 4.90 Å². The molecular formula is C25H30N4OS. The minimum absolute atomic E-state index is 0.188. The Hall–Kier alpha value is -2.60. The second kappa shape index (κ2) is 9.69. The van der Waals surface area contributed by atoms with Crippen molar-refractivity contribution in [2.24, 2.45) is 0 Å². The van der Waals surface area contributed by atoms with Gasteiger partial charge in [0.15, 0.2) is 5.16 Å². The van der Waals surface area contributed by atoms with Gasteiger partial charge in [-0.05, 0) is 57.7 Å². The van der Waals surface area contributed by atoms with Crippen molar-refractivity contribution in [3.8, 4) is 5.69 Å². The summed E-state index contributed by atoms with van der Waals surface area (Å²) in [6.45, 7) is 6.39. The monoisotopic (exact) mass is 434 g/mol. The first-order chi connectivity index (χ1) is 15.0. The zero-order valence-electron chi connectivity index (χ0n) is 18.5. The van der Waals surface area contributed by atoms with Crippen molar-refractivity contribution in [3.63, 3.8) is 0 Å². The molecule has 5 nitrogen and oxygen atoms in total. The van der Waals surface area contributed by atoms with E-state index in [0.717, 1.165) is 29.5 Å². The molecule has 6 heteroatoms. The van der Waals surface area contributed by atoms with Gasteiger partial charge in [0.05, 0.1) is 5.75 Å². The van der Waals surface area contributed by atoms with Gasteiger partial charge in [0, 0.05) is 24.2 Å². The Morgan fingerprint density at radius 1 is 1.00 bits per heavy atom. The summed E-state index contributed by atoms with van der Waals surface area (Å²) in [6.07, 6.45) is 4.06. The number of likely N-dealkylation sites (tertiary alicyclic amines) is 1. The Bertz CT molecular complexity index is 1010. The maximum atomic E-state index is 13.0. The quantitative estimate of drug-likeness (QED) is 0.510. The maximum Gasteiger partial charge on any atom is 0.233 e. The highest BCUT2D eigenvalue weighted by Crippen LogP contribution is 2.27. The lowest BCUT2D eigenvalue weighted by Crippen LogP contribution is -2.48. The lowest BCUT2D eigenvalue weighted by molar-refractivity contribution is -0.134. The van der Waals surface area contributed by atoms with Crippen molar-refractivity contribution >= 4 is 17.7 Å². The molecule has 2 heterocycles. The summed E-state index contributed by atoms with van der Waals surface area (Å²) in [5, 5.41) is 9.73. The molecule has 0 bridgehead atoms. The number of hydrogen-bond donors (Lipinski definition) is 0. The van der Waals surface area contributed by atoms with Crippen LogP contribution in [-0.2, 0) is 11.2 Å². The molecule has 1 fully saturated rings. The molecule has 1 aromatic heterocycles. The van der Waals surface area contributed by atoms with E-state index in [1.54, 1.807) is 0 Å².